The number of halogens is 2. The highest BCUT2D eigenvalue weighted by molar-refractivity contribution is 7.90. The van der Waals surface area contributed by atoms with E-state index in [1.165, 1.54) is 0 Å². The minimum Gasteiger partial charge on any atom is -0.190 e. The summed E-state index contributed by atoms with van der Waals surface area (Å²) in [5.41, 5.74) is 0.480. The molecular weight excluding hydrogens is 227 g/mol. The largest absolute Gasteiger partial charge is 0.329 e. The second kappa shape index (κ2) is 4.11. The standard InChI is InChI=1S/C9H8ClFO2S/c1-7(14(11,12)13)9(10)8-5-3-2-4-6-8/h2-6H,1H3/b9-7+. The fourth-order valence-corrected chi connectivity index (χ4v) is 1.63. The summed E-state index contributed by atoms with van der Waals surface area (Å²) in [7, 11) is -4.70. The molecule has 0 radical (unpaired) electrons. The predicted octanol–water partition coefficient (Wildman–Crippen LogP) is 2.91. The van der Waals surface area contributed by atoms with Gasteiger partial charge in [0.25, 0.3) is 0 Å². The molecule has 0 aliphatic rings. The van der Waals surface area contributed by atoms with Crippen LogP contribution in [0.1, 0.15) is 12.5 Å². The van der Waals surface area contributed by atoms with Gasteiger partial charge in [-0.15, -0.1) is 3.89 Å². The average molecular weight is 235 g/mol. The first-order valence-corrected chi connectivity index (χ1v) is 5.55. The molecular formula is C9H8ClFO2S. The molecule has 0 unspecified atom stereocenters. The quantitative estimate of drug-likeness (QED) is 0.738. The summed E-state index contributed by atoms with van der Waals surface area (Å²) in [5.74, 6) is 0. The van der Waals surface area contributed by atoms with Gasteiger partial charge in [-0.05, 0) is 12.5 Å². The highest BCUT2D eigenvalue weighted by Crippen LogP contribution is 2.26. The van der Waals surface area contributed by atoms with Crippen LogP contribution in [0.2, 0.25) is 0 Å². The fourth-order valence-electron chi connectivity index (χ4n) is 0.895. The maximum absolute atomic E-state index is 12.5. The van der Waals surface area contributed by atoms with Crippen LogP contribution in [0, 0.1) is 0 Å². The van der Waals surface area contributed by atoms with Gasteiger partial charge in [-0.2, -0.15) is 8.42 Å². The van der Waals surface area contributed by atoms with Gasteiger partial charge in [-0.1, -0.05) is 41.9 Å². The van der Waals surface area contributed by atoms with Crippen LogP contribution >= 0.6 is 11.6 Å². The third kappa shape index (κ3) is 2.56. The number of allylic oxidation sites excluding steroid dienone is 1. The van der Waals surface area contributed by atoms with Gasteiger partial charge in [0.1, 0.15) is 0 Å². The highest BCUT2D eigenvalue weighted by atomic mass is 35.5. The number of hydrogen-bond donors (Lipinski definition) is 0. The average Bonchev–Trinajstić information content (AvgIpc) is 2.15. The number of rotatable bonds is 2. The molecule has 0 atom stereocenters. The SMILES string of the molecule is C/C(=C(\Cl)c1ccccc1)S(=O)(=O)F. The van der Waals surface area contributed by atoms with Gasteiger partial charge in [-0.25, -0.2) is 0 Å². The molecule has 1 rings (SSSR count). The van der Waals surface area contributed by atoms with Crippen molar-refractivity contribution in [1.29, 1.82) is 0 Å². The van der Waals surface area contributed by atoms with Crippen molar-refractivity contribution < 1.29 is 12.3 Å². The van der Waals surface area contributed by atoms with E-state index in [1.54, 1.807) is 30.3 Å². The summed E-state index contributed by atoms with van der Waals surface area (Å²) in [6, 6.07) is 8.35. The summed E-state index contributed by atoms with van der Waals surface area (Å²) in [6.45, 7) is 1.13. The Morgan fingerprint density at radius 3 is 2.21 bits per heavy atom. The summed E-state index contributed by atoms with van der Waals surface area (Å²) in [5, 5.41) is -0.0897. The molecule has 0 aliphatic carbocycles. The second-order valence-electron chi connectivity index (χ2n) is 2.67. The van der Waals surface area contributed by atoms with Crippen LogP contribution in [0.25, 0.3) is 5.03 Å². The van der Waals surface area contributed by atoms with Crippen molar-refractivity contribution in [3.8, 4) is 0 Å². The molecule has 0 aliphatic heterocycles. The zero-order valence-corrected chi connectivity index (χ0v) is 8.94. The van der Waals surface area contributed by atoms with Crippen LogP contribution in [0.15, 0.2) is 35.2 Å². The minimum atomic E-state index is -4.70. The van der Waals surface area contributed by atoms with Gasteiger partial charge >= 0.3 is 10.2 Å². The Kier molecular flexibility index (Phi) is 3.29. The van der Waals surface area contributed by atoms with Gasteiger partial charge in [0.05, 0.1) is 9.94 Å². The zero-order valence-electron chi connectivity index (χ0n) is 7.37. The van der Waals surface area contributed by atoms with Gasteiger partial charge in [0.2, 0.25) is 0 Å². The van der Waals surface area contributed by atoms with Crippen molar-refractivity contribution in [1.82, 2.24) is 0 Å². The first-order chi connectivity index (χ1) is 6.43. The number of hydrogen-bond acceptors (Lipinski definition) is 2. The Morgan fingerprint density at radius 2 is 1.79 bits per heavy atom. The summed E-state index contributed by atoms with van der Waals surface area (Å²) < 4.78 is 33.6. The molecule has 0 N–H and O–H groups in total. The van der Waals surface area contributed by atoms with E-state index >= 15 is 0 Å². The third-order valence-electron chi connectivity index (χ3n) is 1.70. The van der Waals surface area contributed by atoms with Crippen LogP contribution in [0.5, 0.6) is 0 Å². The Balaban J connectivity index is 3.26. The number of benzene rings is 1. The molecule has 1 aromatic carbocycles. The Labute approximate surface area is 87.2 Å². The zero-order chi connectivity index (χ0) is 10.8. The smallest absolute Gasteiger partial charge is 0.190 e. The van der Waals surface area contributed by atoms with E-state index in [4.69, 9.17) is 11.6 Å². The molecule has 0 bridgehead atoms. The molecule has 5 heteroatoms. The van der Waals surface area contributed by atoms with Crippen LogP contribution in [0.3, 0.4) is 0 Å². The van der Waals surface area contributed by atoms with Crippen LogP contribution in [0.4, 0.5) is 3.89 Å². The summed E-state index contributed by atoms with van der Waals surface area (Å²) in [6.07, 6.45) is 0. The van der Waals surface area contributed by atoms with Crippen molar-refractivity contribution in [2.45, 2.75) is 6.92 Å². The third-order valence-corrected chi connectivity index (χ3v) is 3.25. The molecule has 0 saturated carbocycles. The maximum Gasteiger partial charge on any atom is 0.329 e. The first kappa shape index (κ1) is 11.2. The van der Waals surface area contributed by atoms with Crippen LogP contribution in [-0.2, 0) is 10.2 Å². The fraction of sp³-hybridized carbons (Fsp3) is 0.111. The monoisotopic (exact) mass is 234 g/mol. The molecule has 1 aromatic rings. The summed E-state index contributed by atoms with van der Waals surface area (Å²) in [4.78, 5) is -0.467. The first-order valence-electron chi connectivity index (χ1n) is 3.79. The molecule has 0 heterocycles. The van der Waals surface area contributed by atoms with E-state index in [9.17, 15) is 12.3 Å². The second-order valence-corrected chi connectivity index (χ2v) is 4.54. The van der Waals surface area contributed by atoms with E-state index < -0.39 is 15.1 Å². The lowest BCUT2D eigenvalue weighted by Crippen LogP contribution is -1.94. The van der Waals surface area contributed by atoms with Crippen molar-refractivity contribution in [3.05, 3.63) is 40.8 Å². The van der Waals surface area contributed by atoms with Crippen molar-refractivity contribution in [2.24, 2.45) is 0 Å². The van der Waals surface area contributed by atoms with Gasteiger partial charge < -0.3 is 0 Å². The Bertz CT molecular complexity index is 451. The van der Waals surface area contributed by atoms with Crippen molar-refractivity contribution in [3.63, 3.8) is 0 Å². The van der Waals surface area contributed by atoms with E-state index in [2.05, 4.69) is 0 Å². The molecule has 0 amide bonds. The molecule has 0 aromatic heterocycles. The van der Waals surface area contributed by atoms with Crippen molar-refractivity contribution in [2.75, 3.05) is 0 Å². The van der Waals surface area contributed by atoms with Crippen LogP contribution in [-0.4, -0.2) is 8.42 Å². The molecule has 0 saturated heterocycles. The normalized spacial score (nSPS) is 13.6. The van der Waals surface area contributed by atoms with Crippen LogP contribution < -0.4 is 0 Å². The predicted molar refractivity (Wildman–Crippen MR) is 54.9 cm³/mol. The molecule has 76 valence electrons. The molecule has 0 fully saturated rings. The van der Waals surface area contributed by atoms with E-state index in [-0.39, 0.29) is 5.03 Å². The maximum atomic E-state index is 12.5. The topological polar surface area (TPSA) is 34.1 Å². The van der Waals surface area contributed by atoms with Gasteiger partial charge in [0, 0.05) is 0 Å². The van der Waals surface area contributed by atoms with Crippen molar-refractivity contribution >= 4 is 26.9 Å². The van der Waals surface area contributed by atoms with E-state index in [0.29, 0.717) is 5.56 Å². The Hall–Kier alpha value is -0.870. The molecule has 14 heavy (non-hydrogen) atoms. The lowest BCUT2D eigenvalue weighted by Gasteiger charge is -2.01. The molecule has 2 nitrogen and oxygen atoms in total. The molecule has 0 spiro atoms. The van der Waals surface area contributed by atoms with Gasteiger partial charge in [0.15, 0.2) is 0 Å². The Morgan fingerprint density at radius 1 is 1.29 bits per heavy atom. The van der Waals surface area contributed by atoms with E-state index in [0.717, 1.165) is 6.92 Å². The lowest BCUT2D eigenvalue weighted by atomic mass is 10.2. The van der Waals surface area contributed by atoms with E-state index in [1.807, 2.05) is 0 Å². The lowest BCUT2D eigenvalue weighted by molar-refractivity contribution is 0.560. The highest BCUT2D eigenvalue weighted by Gasteiger charge is 2.15. The minimum absolute atomic E-state index is 0.0897. The van der Waals surface area contributed by atoms with Gasteiger partial charge in [-0.3, -0.25) is 0 Å². The summed E-state index contributed by atoms with van der Waals surface area (Å²) >= 11 is 5.70.